The predicted octanol–water partition coefficient (Wildman–Crippen LogP) is 3.72. The second kappa shape index (κ2) is 12.0. The quantitative estimate of drug-likeness (QED) is 0.513. The fraction of sp³-hybridized carbons (Fsp3) is 1.00. The summed E-state index contributed by atoms with van der Waals surface area (Å²) in [6.07, 6.45) is 3.21. The monoisotopic (exact) mass is 462 g/mol. The van der Waals surface area contributed by atoms with Crippen molar-refractivity contribution in [1.29, 1.82) is 0 Å². The van der Waals surface area contributed by atoms with E-state index in [0.29, 0.717) is 0 Å². The van der Waals surface area contributed by atoms with Gasteiger partial charge in [-0.25, -0.2) is 0 Å². The van der Waals surface area contributed by atoms with Crippen LogP contribution in [-0.4, -0.2) is 121 Å². The average molecular weight is 463 g/mol. The molecule has 2 atom stereocenters. The molecule has 30 heavy (non-hydrogen) atoms. The van der Waals surface area contributed by atoms with Crippen molar-refractivity contribution in [2.75, 3.05) is 90.1 Å². The summed E-state index contributed by atoms with van der Waals surface area (Å²) in [7, 11) is -4.27. The summed E-state index contributed by atoms with van der Waals surface area (Å²) in [5.41, 5.74) is 0. The molecule has 8 heteroatoms. The van der Waals surface area contributed by atoms with Crippen molar-refractivity contribution in [3.05, 3.63) is 0 Å². The van der Waals surface area contributed by atoms with Gasteiger partial charge < -0.3 is 9.13 Å². The van der Waals surface area contributed by atoms with Crippen molar-refractivity contribution in [2.24, 2.45) is 0 Å². The lowest BCUT2D eigenvalue weighted by Crippen LogP contribution is -2.46. The van der Waals surface area contributed by atoms with Crippen molar-refractivity contribution in [3.63, 3.8) is 0 Å². The zero-order valence-corrected chi connectivity index (χ0v) is 22.3. The molecule has 2 aliphatic rings. The van der Waals surface area contributed by atoms with E-state index in [4.69, 9.17) is 0 Å². The Morgan fingerprint density at radius 1 is 0.533 bits per heavy atom. The van der Waals surface area contributed by atoms with E-state index in [1.54, 1.807) is 0 Å². The van der Waals surface area contributed by atoms with E-state index in [0.717, 1.165) is 90.1 Å². The standard InChI is InChI=1S/C22H48N4O2P2/c1-7-29(27,8-2)21(5)25-17-13-23-11-12-24(14-18-25)16-20-26(19-15-23)22(6)30(28,9-3)10-4/h21-22H,7-20H2,1-6H3. The topological polar surface area (TPSA) is 47.1 Å². The summed E-state index contributed by atoms with van der Waals surface area (Å²) in [5, 5.41) is 0. The van der Waals surface area contributed by atoms with Crippen LogP contribution in [-0.2, 0) is 9.13 Å². The summed E-state index contributed by atoms with van der Waals surface area (Å²) in [4.78, 5) is 10.2. The van der Waals surface area contributed by atoms with Crippen molar-refractivity contribution < 1.29 is 9.13 Å². The molecule has 0 aromatic heterocycles. The lowest BCUT2D eigenvalue weighted by atomic mass is 10.3. The largest absolute Gasteiger partial charge is 0.322 e. The molecule has 0 aliphatic carbocycles. The molecule has 2 saturated heterocycles. The van der Waals surface area contributed by atoms with Crippen molar-refractivity contribution in [1.82, 2.24) is 19.6 Å². The Morgan fingerprint density at radius 2 is 0.767 bits per heavy atom. The SMILES string of the molecule is CCP(=O)(CC)C(C)N1CCN2CCN(CC1)CCN(C(C)P(=O)(CC)CC)CC2. The predicted molar refractivity (Wildman–Crippen MR) is 132 cm³/mol. The van der Waals surface area contributed by atoms with Crippen LogP contribution in [0.15, 0.2) is 0 Å². The van der Waals surface area contributed by atoms with Gasteiger partial charge in [0.05, 0.1) is 11.6 Å². The molecule has 0 spiro atoms. The van der Waals surface area contributed by atoms with Gasteiger partial charge in [0.25, 0.3) is 0 Å². The van der Waals surface area contributed by atoms with Crippen molar-refractivity contribution in [3.8, 4) is 0 Å². The summed E-state index contributed by atoms with van der Waals surface area (Å²) >= 11 is 0. The molecule has 2 unspecified atom stereocenters. The van der Waals surface area contributed by atoms with Crippen LogP contribution in [0.1, 0.15) is 41.5 Å². The van der Waals surface area contributed by atoms with Gasteiger partial charge in [-0.2, -0.15) is 0 Å². The maximum atomic E-state index is 13.4. The summed E-state index contributed by atoms with van der Waals surface area (Å²) in [6, 6.07) is 0. The van der Waals surface area contributed by atoms with Gasteiger partial charge in [-0.15, -0.1) is 0 Å². The molecule has 2 bridgehead atoms. The lowest BCUT2D eigenvalue weighted by molar-refractivity contribution is 0.165. The normalized spacial score (nSPS) is 27.9. The second-order valence-corrected chi connectivity index (χ2v) is 17.0. The molecule has 2 aliphatic heterocycles. The first-order valence-corrected chi connectivity index (χ1v) is 16.6. The first kappa shape index (κ1) is 26.6. The Hall–Kier alpha value is 0.300. The van der Waals surface area contributed by atoms with Gasteiger partial charge in [-0.05, 0) is 38.5 Å². The molecule has 2 heterocycles. The number of hydrogen-bond donors (Lipinski definition) is 0. The third-order valence-corrected chi connectivity index (χ3v) is 15.8. The van der Waals surface area contributed by atoms with E-state index in [1.165, 1.54) is 0 Å². The van der Waals surface area contributed by atoms with Gasteiger partial charge in [0, 0.05) is 65.4 Å². The van der Waals surface area contributed by atoms with Crippen LogP contribution in [0.2, 0.25) is 0 Å². The van der Waals surface area contributed by atoms with Crippen LogP contribution in [0.4, 0.5) is 0 Å². The molecule has 0 saturated carbocycles. The Labute approximate surface area is 186 Å². The Balaban J connectivity index is 2.12. The van der Waals surface area contributed by atoms with Crippen LogP contribution < -0.4 is 0 Å². The van der Waals surface area contributed by atoms with Crippen LogP contribution in [0, 0.1) is 0 Å². The van der Waals surface area contributed by atoms with E-state index < -0.39 is 14.3 Å². The maximum absolute atomic E-state index is 13.4. The molecule has 0 radical (unpaired) electrons. The first-order valence-electron chi connectivity index (χ1n) is 12.3. The maximum Gasteiger partial charge on any atom is 0.103 e. The second-order valence-electron chi connectivity index (χ2n) is 9.19. The third kappa shape index (κ3) is 6.42. The Kier molecular flexibility index (Phi) is 10.6. The molecule has 178 valence electrons. The molecular weight excluding hydrogens is 414 g/mol. The van der Waals surface area contributed by atoms with E-state index in [-0.39, 0.29) is 11.6 Å². The molecule has 0 aromatic rings. The zero-order valence-electron chi connectivity index (χ0n) is 20.6. The van der Waals surface area contributed by atoms with Crippen molar-refractivity contribution >= 4 is 14.3 Å². The van der Waals surface area contributed by atoms with E-state index in [9.17, 15) is 9.13 Å². The molecule has 2 rings (SSSR count). The highest BCUT2D eigenvalue weighted by Gasteiger charge is 2.34. The Bertz CT molecular complexity index is 534. The van der Waals surface area contributed by atoms with Gasteiger partial charge in [-0.1, -0.05) is 27.7 Å². The molecule has 6 nitrogen and oxygen atoms in total. The highest BCUT2D eigenvalue weighted by molar-refractivity contribution is 7.64. The molecule has 0 N–H and O–H groups in total. The van der Waals surface area contributed by atoms with Gasteiger partial charge in [-0.3, -0.25) is 19.6 Å². The van der Waals surface area contributed by atoms with E-state index >= 15 is 0 Å². The highest BCUT2D eigenvalue weighted by Crippen LogP contribution is 2.51. The minimum absolute atomic E-state index is 0.175. The minimum atomic E-state index is -2.14. The van der Waals surface area contributed by atoms with E-state index in [1.807, 2.05) is 0 Å². The molecule has 0 aromatic carbocycles. The first-order chi connectivity index (χ1) is 14.2. The van der Waals surface area contributed by atoms with Crippen molar-refractivity contribution in [2.45, 2.75) is 53.1 Å². The smallest absolute Gasteiger partial charge is 0.103 e. The summed E-state index contributed by atoms with van der Waals surface area (Å²) < 4.78 is 26.7. The number of hydrogen-bond acceptors (Lipinski definition) is 6. The number of fused-ring (bicyclic) bond motifs is 3. The molecule has 0 amide bonds. The van der Waals surface area contributed by atoms with Gasteiger partial charge in [0.15, 0.2) is 0 Å². The number of rotatable bonds is 8. The number of nitrogens with zero attached hydrogens (tertiary/aromatic N) is 4. The molecule has 2 fully saturated rings. The van der Waals surface area contributed by atoms with Gasteiger partial charge >= 0.3 is 0 Å². The summed E-state index contributed by atoms with van der Waals surface area (Å²) in [6.45, 7) is 23.1. The van der Waals surface area contributed by atoms with Gasteiger partial charge in [0.2, 0.25) is 0 Å². The van der Waals surface area contributed by atoms with Crippen LogP contribution in [0.5, 0.6) is 0 Å². The van der Waals surface area contributed by atoms with Crippen LogP contribution in [0.25, 0.3) is 0 Å². The van der Waals surface area contributed by atoms with Crippen LogP contribution >= 0.6 is 14.3 Å². The lowest BCUT2D eigenvalue weighted by Gasteiger charge is -2.38. The summed E-state index contributed by atoms with van der Waals surface area (Å²) in [5.74, 6) is 0.350. The average Bonchev–Trinajstić information content (AvgIpc) is 2.94. The molecular formula is C22H48N4O2P2. The zero-order chi connectivity index (χ0) is 22.4. The Morgan fingerprint density at radius 3 is 1.00 bits per heavy atom. The minimum Gasteiger partial charge on any atom is -0.322 e. The fourth-order valence-electron chi connectivity index (χ4n) is 5.10. The van der Waals surface area contributed by atoms with Crippen LogP contribution in [0.3, 0.4) is 0 Å². The fourth-order valence-corrected chi connectivity index (χ4v) is 9.76. The third-order valence-electron chi connectivity index (χ3n) is 8.11. The van der Waals surface area contributed by atoms with Gasteiger partial charge in [0.1, 0.15) is 14.3 Å². The highest BCUT2D eigenvalue weighted by atomic mass is 31.2. The van der Waals surface area contributed by atoms with E-state index in [2.05, 4.69) is 61.1 Å².